The van der Waals surface area contributed by atoms with E-state index in [-0.39, 0.29) is 0 Å². The van der Waals surface area contributed by atoms with Gasteiger partial charge in [-0.3, -0.25) is 4.57 Å². The highest BCUT2D eigenvalue weighted by molar-refractivity contribution is 7.98. The molecular formula is C19H21N3OS2. The molecule has 0 aliphatic rings. The molecule has 0 aliphatic carbocycles. The topological polar surface area (TPSA) is 39.9 Å². The molecule has 4 nitrogen and oxygen atoms in total. The number of hydrogen-bond acceptors (Lipinski definition) is 5. The normalized spacial score (nSPS) is 10.8. The number of nitrogens with zero attached hydrogens (tertiary/aromatic N) is 3. The largest absolute Gasteiger partial charge is 0.497 e. The highest BCUT2D eigenvalue weighted by Crippen LogP contribution is 2.32. The van der Waals surface area contributed by atoms with Crippen molar-refractivity contribution in [2.45, 2.75) is 31.3 Å². The zero-order chi connectivity index (χ0) is 17.8. The minimum atomic E-state index is 0.692. The van der Waals surface area contributed by atoms with Crippen LogP contribution >= 0.6 is 23.1 Å². The smallest absolute Gasteiger partial charge is 0.192 e. The Morgan fingerprint density at radius 1 is 1.32 bits per heavy atom. The van der Waals surface area contributed by atoms with E-state index in [0.717, 1.165) is 28.0 Å². The third-order valence-corrected chi connectivity index (χ3v) is 6.11. The summed E-state index contributed by atoms with van der Waals surface area (Å²) in [5, 5.41) is 11.9. The number of thioether (sulfide) groups is 1. The molecule has 0 radical (unpaired) electrons. The molecule has 6 heteroatoms. The average Bonchev–Trinajstić information content (AvgIpc) is 3.17. The fraction of sp³-hybridized carbons (Fsp3) is 0.263. The van der Waals surface area contributed by atoms with Gasteiger partial charge in [0.1, 0.15) is 5.75 Å². The highest BCUT2D eigenvalue weighted by atomic mass is 32.2. The Kier molecular flexibility index (Phi) is 5.60. The highest BCUT2D eigenvalue weighted by Gasteiger charge is 2.17. The van der Waals surface area contributed by atoms with Crippen LogP contribution in [0.5, 0.6) is 5.75 Å². The van der Waals surface area contributed by atoms with E-state index in [1.807, 2.05) is 18.2 Å². The average molecular weight is 372 g/mol. The molecule has 130 valence electrons. The molecule has 0 saturated carbocycles. The first-order chi connectivity index (χ1) is 12.1. The number of allylic oxidation sites excluding steroid dienone is 1. The van der Waals surface area contributed by atoms with Gasteiger partial charge in [-0.2, -0.15) is 0 Å². The van der Waals surface area contributed by atoms with Gasteiger partial charge in [0.05, 0.1) is 7.11 Å². The summed E-state index contributed by atoms with van der Waals surface area (Å²) in [7, 11) is 1.68. The Hall–Kier alpha value is -2.05. The van der Waals surface area contributed by atoms with Crippen LogP contribution in [0.2, 0.25) is 0 Å². The van der Waals surface area contributed by atoms with Gasteiger partial charge < -0.3 is 4.74 Å². The third-order valence-electron chi connectivity index (χ3n) is 4.06. The molecule has 2 heterocycles. The van der Waals surface area contributed by atoms with E-state index in [2.05, 4.69) is 52.7 Å². The lowest BCUT2D eigenvalue weighted by atomic mass is 10.1. The summed E-state index contributed by atoms with van der Waals surface area (Å²) in [5.41, 5.74) is 3.62. The maximum atomic E-state index is 5.29. The Balaban J connectivity index is 1.86. The number of thiophene rings is 1. The van der Waals surface area contributed by atoms with Crippen molar-refractivity contribution >= 4 is 23.1 Å². The third kappa shape index (κ3) is 3.80. The second-order valence-electron chi connectivity index (χ2n) is 5.68. The summed E-state index contributed by atoms with van der Waals surface area (Å²) in [4.78, 5) is 1.31. The molecule has 1 aromatic carbocycles. The van der Waals surface area contributed by atoms with Gasteiger partial charge in [0, 0.05) is 28.1 Å². The van der Waals surface area contributed by atoms with Crippen molar-refractivity contribution in [1.29, 1.82) is 0 Å². The molecule has 0 unspecified atom stereocenters. The van der Waals surface area contributed by atoms with Crippen LogP contribution in [0, 0.1) is 13.8 Å². The van der Waals surface area contributed by atoms with E-state index in [9.17, 15) is 0 Å². The lowest BCUT2D eigenvalue weighted by Gasteiger charge is -2.08. The van der Waals surface area contributed by atoms with Crippen LogP contribution in [-0.2, 0) is 12.3 Å². The van der Waals surface area contributed by atoms with E-state index in [4.69, 9.17) is 4.74 Å². The number of hydrogen-bond donors (Lipinski definition) is 0. The van der Waals surface area contributed by atoms with Crippen LogP contribution in [0.4, 0.5) is 0 Å². The molecule has 0 N–H and O–H groups in total. The molecule has 25 heavy (non-hydrogen) atoms. The number of rotatable bonds is 7. The predicted octanol–water partition coefficient (Wildman–Crippen LogP) is 5.11. The van der Waals surface area contributed by atoms with Crippen LogP contribution in [0.1, 0.15) is 16.0 Å². The number of aromatic nitrogens is 3. The molecule has 0 bridgehead atoms. The number of methoxy groups -OCH3 is 1. The van der Waals surface area contributed by atoms with Crippen LogP contribution < -0.4 is 4.74 Å². The molecule has 0 fully saturated rings. The lowest BCUT2D eigenvalue weighted by molar-refractivity contribution is 0.414. The molecule has 0 spiro atoms. The van der Waals surface area contributed by atoms with Crippen LogP contribution in [0.25, 0.3) is 11.4 Å². The number of ether oxygens (including phenoxy) is 1. The van der Waals surface area contributed by atoms with E-state index in [1.54, 1.807) is 30.2 Å². The molecule has 0 aliphatic heterocycles. The zero-order valence-corrected chi connectivity index (χ0v) is 16.3. The van der Waals surface area contributed by atoms with Crippen molar-refractivity contribution in [2.75, 3.05) is 7.11 Å². The van der Waals surface area contributed by atoms with Crippen molar-refractivity contribution in [3.8, 4) is 17.1 Å². The second-order valence-corrected chi connectivity index (χ2v) is 7.70. The van der Waals surface area contributed by atoms with Crippen molar-refractivity contribution in [1.82, 2.24) is 14.8 Å². The molecule has 0 saturated heterocycles. The van der Waals surface area contributed by atoms with E-state index < -0.39 is 0 Å². The lowest BCUT2D eigenvalue weighted by Crippen LogP contribution is -2.01. The summed E-state index contributed by atoms with van der Waals surface area (Å²) in [6.45, 7) is 8.84. The van der Waals surface area contributed by atoms with E-state index >= 15 is 0 Å². The summed E-state index contributed by atoms with van der Waals surface area (Å²) >= 11 is 3.43. The fourth-order valence-electron chi connectivity index (χ4n) is 2.53. The van der Waals surface area contributed by atoms with Gasteiger partial charge in [0.2, 0.25) is 0 Å². The molecule has 3 aromatic rings. The monoisotopic (exact) mass is 371 g/mol. The standard InChI is InChI=1S/C19H21N3OS2/c1-5-9-22-18(17-12-24-14(3)13(17)2)20-21-19(22)25-11-15-7-6-8-16(10-15)23-4/h5-8,10,12H,1,9,11H2,2-4H3. The Bertz CT molecular complexity index is 883. The van der Waals surface area contributed by atoms with Gasteiger partial charge in [0.15, 0.2) is 11.0 Å². The predicted molar refractivity (Wildman–Crippen MR) is 106 cm³/mol. The first-order valence-corrected chi connectivity index (χ1v) is 9.85. The van der Waals surface area contributed by atoms with Gasteiger partial charge in [0.25, 0.3) is 0 Å². The van der Waals surface area contributed by atoms with E-state index in [1.165, 1.54) is 16.0 Å². The summed E-state index contributed by atoms with van der Waals surface area (Å²) < 4.78 is 7.42. The second kappa shape index (κ2) is 7.89. The van der Waals surface area contributed by atoms with Gasteiger partial charge in [-0.15, -0.1) is 28.1 Å². The van der Waals surface area contributed by atoms with Gasteiger partial charge in [-0.1, -0.05) is 30.0 Å². The molecular weight excluding hydrogens is 350 g/mol. The molecule has 3 rings (SSSR count). The van der Waals surface area contributed by atoms with Crippen LogP contribution in [-0.4, -0.2) is 21.9 Å². The number of aryl methyl sites for hydroxylation is 1. The zero-order valence-electron chi connectivity index (χ0n) is 14.7. The van der Waals surface area contributed by atoms with E-state index in [0.29, 0.717) is 6.54 Å². The summed E-state index contributed by atoms with van der Waals surface area (Å²) in [5.74, 6) is 2.60. The fourth-order valence-corrected chi connectivity index (χ4v) is 4.29. The molecule has 0 atom stereocenters. The maximum absolute atomic E-state index is 5.29. The Morgan fingerprint density at radius 3 is 2.84 bits per heavy atom. The quantitative estimate of drug-likeness (QED) is 0.427. The van der Waals surface area contributed by atoms with Crippen molar-refractivity contribution in [3.63, 3.8) is 0 Å². The molecule has 2 aromatic heterocycles. The Morgan fingerprint density at radius 2 is 2.16 bits per heavy atom. The van der Waals surface area contributed by atoms with Gasteiger partial charge in [-0.25, -0.2) is 0 Å². The first kappa shape index (κ1) is 17.8. The minimum Gasteiger partial charge on any atom is -0.497 e. The summed E-state index contributed by atoms with van der Waals surface area (Å²) in [6, 6.07) is 8.10. The SMILES string of the molecule is C=CCn1c(SCc2cccc(OC)c2)nnc1-c1csc(C)c1C. The van der Waals surface area contributed by atoms with Gasteiger partial charge in [-0.05, 0) is 37.1 Å². The van der Waals surface area contributed by atoms with Crippen LogP contribution in [0.3, 0.4) is 0 Å². The van der Waals surface area contributed by atoms with Crippen molar-refractivity contribution in [3.05, 3.63) is 58.3 Å². The Labute approximate surface area is 156 Å². The molecule has 0 amide bonds. The minimum absolute atomic E-state index is 0.692. The van der Waals surface area contributed by atoms with Crippen molar-refractivity contribution < 1.29 is 4.74 Å². The maximum Gasteiger partial charge on any atom is 0.192 e. The van der Waals surface area contributed by atoms with Crippen molar-refractivity contribution in [2.24, 2.45) is 0 Å². The first-order valence-electron chi connectivity index (χ1n) is 7.99. The summed E-state index contributed by atoms with van der Waals surface area (Å²) in [6.07, 6.45) is 1.89. The number of benzene rings is 1. The van der Waals surface area contributed by atoms with Crippen LogP contribution in [0.15, 0.2) is 47.5 Å². The van der Waals surface area contributed by atoms with Gasteiger partial charge >= 0.3 is 0 Å².